The van der Waals surface area contributed by atoms with Crippen LogP contribution in [0.4, 0.5) is 4.39 Å². The minimum Gasteiger partial charge on any atom is -0.496 e. The Kier molecular flexibility index (Phi) is 5.09. The number of hydrogen-bond acceptors (Lipinski definition) is 4. The zero-order valence-corrected chi connectivity index (χ0v) is 13.7. The number of rotatable bonds is 6. The van der Waals surface area contributed by atoms with Gasteiger partial charge in [0.05, 0.1) is 12.7 Å². The highest BCUT2D eigenvalue weighted by Gasteiger charge is 2.15. The van der Waals surface area contributed by atoms with Crippen molar-refractivity contribution in [1.29, 1.82) is 0 Å². The molecule has 2 aromatic carbocycles. The quantitative estimate of drug-likeness (QED) is 0.746. The summed E-state index contributed by atoms with van der Waals surface area (Å²) >= 11 is 0. The lowest BCUT2D eigenvalue weighted by Gasteiger charge is -2.08. The number of halogens is 1. The summed E-state index contributed by atoms with van der Waals surface area (Å²) in [6.07, 6.45) is 0.619. The van der Waals surface area contributed by atoms with Crippen molar-refractivity contribution < 1.29 is 18.4 Å². The van der Waals surface area contributed by atoms with Crippen LogP contribution in [0.25, 0.3) is 11.3 Å². The van der Waals surface area contributed by atoms with Crippen LogP contribution in [0, 0.1) is 5.82 Å². The van der Waals surface area contributed by atoms with Crippen LogP contribution in [-0.4, -0.2) is 24.7 Å². The highest BCUT2D eigenvalue weighted by molar-refractivity contribution is 5.93. The van der Waals surface area contributed by atoms with Gasteiger partial charge in [0.15, 0.2) is 11.5 Å². The number of ether oxygens (including phenoxy) is 1. The summed E-state index contributed by atoms with van der Waals surface area (Å²) < 4.78 is 24.1. The SMILES string of the molecule is COc1ccccc1CCNC(=O)c1cc(-c2ccccc2F)on1. The van der Waals surface area contributed by atoms with E-state index >= 15 is 0 Å². The van der Waals surface area contributed by atoms with Crippen molar-refractivity contribution >= 4 is 5.91 Å². The lowest BCUT2D eigenvalue weighted by Crippen LogP contribution is -2.26. The Morgan fingerprint density at radius 3 is 2.76 bits per heavy atom. The molecule has 0 aliphatic carbocycles. The normalized spacial score (nSPS) is 10.5. The molecule has 3 rings (SSSR count). The standard InChI is InChI=1S/C19H17FN2O3/c1-24-17-9-5-2-6-13(17)10-11-21-19(23)16-12-18(25-22-16)14-7-3-4-8-15(14)20/h2-9,12H,10-11H2,1H3,(H,21,23). The van der Waals surface area contributed by atoms with Gasteiger partial charge in [-0.15, -0.1) is 0 Å². The van der Waals surface area contributed by atoms with Gasteiger partial charge in [0.25, 0.3) is 5.91 Å². The van der Waals surface area contributed by atoms with E-state index in [1.54, 1.807) is 25.3 Å². The molecular formula is C19H17FN2O3. The second-order valence-electron chi connectivity index (χ2n) is 5.37. The average molecular weight is 340 g/mol. The number of para-hydroxylation sites is 1. The van der Waals surface area contributed by atoms with Crippen molar-refractivity contribution in [2.75, 3.05) is 13.7 Å². The van der Waals surface area contributed by atoms with Crippen molar-refractivity contribution in [3.8, 4) is 17.1 Å². The fourth-order valence-electron chi connectivity index (χ4n) is 2.48. The predicted molar refractivity (Wildman–Crippen MR) is 90.9 cm³/mol. The maximum Gasteiger partial charge on any atom is 0.273 e. The molecule has 1 heterocycles. The number of carbonyl (C=O) groups is 1. The predicted octanol–water partition coefficient (Wildman–Crippen LogP) is 3.46. The van der Waals surface area contributed by atoms with Crippen LogP contribution in [0.15, 0.2) is 59.1 Å². The number of nitrogens with zero attached hydrogens (tertiary/aromatic N) is 1. The Labute approximate surface area is 144 Å². The van der Waals surface area contributed by atoms with Gasteiger partial charge < -0.3 is 14.6 Å². The van der Waals surface area contributed by atoms with E-state index in [4.69, 9.17) is 9.26 Å². The Balaban J connectivity index is 1.62. The van der Waals surface area contributed by atoms with Crippen LogP contribution in [0.5, 0.6) is 5.75 Å². The van der Waals surface area contributed by atoms with E-state index < -0.39 is 5.82 Å². The molecule has 0 spiro atoms. The Hall–Kier alpha value is -3.15. The Bertz CT molecular complexity index is 876. The summed E-state index contributed by atoms with van der Waals surface area (Å²) in [4.78, 5) is 12.2. The van der Waals surface area contributed by atoms with Gasteiger partial charge in [-0.25, -0.2) is 4.39 Å². The first-order valence-electron chi connectivity index (χ1n) is 7.80. The number of methoxy groups -OCH3 is 1. The van der Waals surface area contributed by atoms with Gasteiger partial charge in [-0.05, 0) is 30.2 Å². The van der Waals surface area contributed by atoms with Crippen LogP contribution in [-0.2, 0) is 6.42 Å². The van der Waals surface area contributed by atoms with E-state index in [-0.39, 0.29) is 22.9 Å². The molecule has 0 fully saturated rings. The second-order valence-corrected chi connectivity index (χ2v) is 5.37. The van der Waals surface area contributed by atoms with Crippen LogP contribution in [0.1, 0.15) is 16.1 Å². The molecule has 5 nitrogen and oxygen atoms in total. The number of amides is 1. The minimum atomic E-state index is -0.429. The smallest absolute Gasteiger partial charge is 0.273 e. The number of aromatic nitrogens is 1. The molecule has 0 bridgehead atoms. The fourth-order valence-corrected chi connectivity index (χ4v) is 2.48. The maximum absolute atomic E-state index is 13.7. The van der Waals surface area contributed by atoms with Gasteiger partial charge in [-0.2, -0.15) is 0 Å². The Morgan fingerprint density at radius 1 is 1.20 bits per heavy atom. The largest absolute Gasteiger partial charge is 0.496 e. The van der Waals surface area contributed by atoms with E-state index in [2.05, 4.69) is 10.5 Å². The Morgan fingerprint density at radius 2 is 1.96 bits per heavy atom. The highest BCUT2D eigenvalue weighted by Crippen LogP contribution is 2.23. The molecule has 0 atom stereocenters. The average Bonchev–Trinajstić information content (AvgIpc) is 3.12. The van der Waals surface area contributed by atoms with Crippen molar-refractivity contribution in [3.63, 3.8) is 0 Å². The summed E-state index contributed by atoms with van der Waals surface area (Å²) in [7, 11) is 1.61. The molecule has 0 aliphatic rings. The molecule has 3 aromatic rings. The van der Waals surface area contributed by atoms with Crippen molar-refractivity contribution in [3.05, 3.63) is 71.7 Å². The molecule has 1 aromatic heterocycles. The third-order valence-electron chi connectivity index (χ3n) is 3.75. The molecular weight excluding hydrogens is 323 g/mol. The van der Waals surface area contributed by atoms with Crippen molar-refractivity contribution in [1.82, 2.24) is 10.5 Å². The zero-order valence-electron chi connectivity index (χ0n) is 13.7. The van der Waals surface area contributed by atoms with Gasteiger partial charge in [-0.1, -0.05) is 35.5 Å². The summed E-state index contributed by atoms with van der Waals surface area (Å²) in [6.45, 7) is 0.418. The van der Waals surface area contributed by atoms with Gasteiger partial charge >= 0.3 is 0 Å². The molecule has 0 radical (unpaired) electrons. The number of carbonyl (C=O) groups excluding carboxylic acids is 1. The number of nitrogens with one attached hydrogen (secondary N) is 1. The van der Waals surface area contributed by atoms with Crippen LogP contribution in [0.2, 0.25) is 0 Å². The molecule has 0 unspecified atom stereocenters. The summed E-state index contributed by atoms with van der Waals surface area (Å²) in [5, 5.41) is 6.48. The highest BCUT2D eigenvalue weighted by atomic mass is 19.1. The second kappa shape index (κ2) is 7.61. The molecule has 6 heteroatoms. The number of benzene rings is 2. The van der Waals surface area contributed by atoms with Crippen LogP contribution >= 0.6 is 0 Å². The number of hydrogen-bond donors (Lipinski definition) is 1. The van der Waals surface area contributed by atoms with E-state index in [0.29, 0.717) is 13.0 Å². The molecule has 1 N–H and O–H groups in total. The summed E-state index contributed by atoms with van der Waals surface area (Å²) in [5.74, 6) is 0.191. The lowest BCUT2D eigenvalue weighted by atomic mass is 10.1. The first-order valence-corrected chi connectivity index (χ1v) is 7.80. The van der Waals surface area contributed by atoms with Gasteiger partial charge in [0.2, 0.25) is 0 Å². The van der Waals surface area contributed by atoms with Gasteiger partial charge in [0.1, 0.15) is 11.6 Å². The van der Waals surface area contributed by atoms with Crippen LogP contribution < -0.4 is 10.1 Å². The van der Waals surface area contributed by atoms with E-state index in [1.807, 2.05) is 24.3 Å². The lowest BCUT2D eigenvalue weighted by molar-refractivity contribution is 0.0945. The third kappa shape index (κ3) is 3.85. The zero-order chi connectivity index (χ0) is 17.6. The monoisotopic (exact) mass is 340 g/mol. The topological polar surface area (TPSA) is 64.4 Å². The molecule has 0 aliphatic heterocycles. The first kappa shape index (κ1) is 16.7. The third-order valence-corrected chi connectivity index (χ3v) is 3.75. The van der Waals surface area contributed by atoms with Crippen molar-refractivity contribution in [2.24, 2.45) is 0 Å². The molecule has 0 saturated heterocycles. The van der Waals surface area contributed by atoms with E-state index in [0.717, 1.165) is 11.3 Å². The van der Waals surface area contributed by atoms with E-state index in [9.17, 15) is 9.18 Å². The first-order chi connectivity index (χ1) is 12.2. The van der Waals surface area contributed by atoms with Crippen LogP contribution in [0.3, 0.4) is 0 Å². The summed E-state index contributed by atoms with van der Waals surface area (Å²) in [6, 6.07) is 15.2. The van der Waals surface area contributed by atoms with Gasteiger partial charge in [0, 0.05) is 12.6 Å². The molecule has 1 amide bonds. The molecule has 25 heavy (non-hydrogen) atoms. The summed E-state index contributed by atoms with van der Waals surface area (Å²) in [5.41, 5.74) is 1.37. The molecule has 128 valence electrons. The maximum atomic E-state index is 13.7. The van der Waals surface area contributed by atoms with E-state index in [1.165, 1.54) is 12.1 Å². The fraction of sp³-hybridized carbons (Fsp3) is 0.158. The minimum absolute atomic E-state index is 0.110. The molecule has 0 saturated carbocycles. The van der Waals surface area contributed by atoms with Gasteiger partial charge in [-0.3, -0.25) is 4.79 Å². The van der Waals surface area contributed by atoms with Crippen molar-refractivity contribution in [2.45, 2.75) is 6.42 Å².